The summed E-state index contributed by atoms with van der Waals surface area (Å²) >= 11 is 15.9. The molecule has 9 heteroatoms. The first kappa shape index (κ1) is 23.4. The quantitative estimate of drug-likeness (QED) is 0.159. The molecule has 0 saturated heterocycles. The van der Waals surface area contributed by atoms with Crippen molar-refractivity contribution in [3.63, 3.8) is 0 Å². The average Bonchev–Trinajstić information content (AvgIpc) is 3.25. The fraction of sp³-hybridized carbons (Fsp3) is 0.0385. The highest BCUT2D eigenvalue weighted by Gasteiger charge is 2.17. The lowest BCUT2D eigenvalue weighted by atomic mass is 10.2. The van der Waals surface area contributed by atoms with Gasteiger partial charge in [0.1, 0.15) is 17.9 Å². The Morgan fingerprint density at radius 2 is 1.94 bits per heavy atom. The molecule has 0 atom stereocenters. The zero-order chi connectivity index (χ0) is 24.5. The van der Waals surface area contributed by atoms with Crippen molar-refractivity contribution >= 4 is 67.2 Å². The molecular formula is C26H16BrCl2N3O3. The fourth-order valence-corrected chi connectivity index (χ4v) is 4.73. The molecule has 5 aromatic rings. The molecule has 0 unspecified atom stereocenters. The molecule has 0 spiro atoms. The van der Waals surface area contributed by atoms with Crippen LogP contribution in [0.4, 0.5) is 0 Å². The van der Waals surface area contributed by atoms with Gasteiger partial charge >= 0.3 is 0 Å². The van der Waals surface area contributed by atoms with Crippen LogP contribution in [-0.4, -0.2) is 22.5 Å². The lowest BCUT2D eigenvalue weighted by molar-refractivity contribution is 0.360. The third kappa shape index (κ3) is 4.62. The molecule has 0 aliphatic carbocycles. The molecule has 0 bridgehead atoms. The summed E-state index contributed by atoms with van der Waals surface area (Å²) in [6, 6.07) is 17.5. The number of benzene rings is 3. The number of para-hydroxylation sites is 1. The minimum atomic E-state index is -0.352. The Labute approximate surface area is 218 Å². The van der Waals surface area contributed by atoms with E-state index < -0.39 is 0 Å². The van der Waals surface area contributed by atoms with Gasteiger partial charge in [-0.3, -0.25) is 4.79 Å². The van der Waals surface area contributed by atoms with Crippen molar-refractivity contribution in [2.24, 2.45) is 5.10 Å². The van der Waals surface area contributed by atoms with E-state index >= 15 is 0 Å². The Kier molecular flexibility index (Phi) is 6.47. The van der Waals surface area contributed by atoms with E-state index in [1.165, 1.54) is 10.9 Å². The second-order valence-electron chi connectivity index (χ2n) is 7.51. The first-order valence-electron chi connectivity index (χ1n) is 10.4. The van der Waals surface area contributed by atoms with Gasteiger partial charge in [0.05, 0.1) is 21.6 Å². The predicted octanol–water partition coefficient (Wildman–Crippen LogP) is 7.33. The maximum Gasteiger partial charge on any atom is 0.282 e. The van der Waals surface area contributed by atoms with Crippen LogP contribution in [0.2, 0.25) is 10.0 Å². The summed E-state index contributed by atoms with van der Waals surface area (Å²) < 4.78 is 13.6. The smallest absolute Gasteiger partial charge is 0.282 e. The van der Waals surface area contributed by atoms with Gasteiger partial charge < -0.3 is 9.15 Å². The van der Waals surface area contributed by atoms with Gasteiger partial charge in [-0.25, -0.2) is 4.98 Å². The summed E-state index contributed by atoms with van der Waals surface area (Å²) in [5, 5.41) is 6.74. The third-order valence-corrected chi connectivity index (χ3v) is 6.19. The Balaban J connectivity index is 1.72. The third-order valence-electron chi connectivity index (χ3n) is 5.15. The summed E-state index contributed by atoms with van der Waals surface area (Å²) in [5.74, 6) is 1.13. The lowest BCUT2D eigenvalue weighted by Gasteiger charge is -2.11. The van der Waals surface area contributed by atoms with Crippen molar-refractivity contribution in [2.45, 2.75) is 0 Å². The van der Waals surface area contributed by atoms with Gasteiger partial charge in [-0.15, -0.1) is 0 Å². The van der Waals surface area contributed by atoms with E-state index in [0.29, 0.717) is 48.1 Å². The molecule has 0 aliphatic heterocycles. The maximum atomic E-state index is 13.5. The summed E-state index contributed by atoms with van der Waals surface area (Å²) in [7, 11) is 0. The SMILES string of the molecule is C=CCOc1c(Br)cc(Cl)cc1C=Nn1c(-c2cc3cc(Cl)ccc3o2)nc2ccccc2c1=O. The number of nitrogens with zero attached hydrogens (tertiary/aromatic N) is 3. The van der Waals surface area contributed by atoms with Crippen molar-refractivity contribution < 1.29 is 9.15 Å². The molecule has 0 amide bonds. The molecule has 2 heterocycles. The van der Waals surface area contributed by atoms with Crippen molar-refractivity contribution in [3.8, 4) is 17.3 Å². The summed E-state index contributed by atoms with van der Waals surface area (Å²) in [4.78, 5) is 18.2. The van der Waals surface area contributed by atoms with E-state index in [1.54, 1.807) is 60.7 Å². The van der Waals surface area contributed by atoms with Crippen molar-refractivity contribution in [1.82, 2.24) is 9.66 Å². The van der Waals surface area contributed by atoms with Crippen LogP contribution in [0.1, 0.15) is 5.56 Å². The van der Waals surface area contributed by atoms with Crippen LogP contribution in [0.25, 0.3) is 33.5 Å². The molecule has 3 aromatic carbocycles. The number of fused-ring (bicyclic) bond motifs is 2. The number of aromatic nitrogens is 2. The summed E-state index contributed by atoms with van der Waals surface area (Å²) in [6.07, 6.45) is 3.13. The second-order valence-corrected chi connectivity index (χ2v) is 9.24. The topological polar surface area (TPSA) is 69.6 Å². The van der Waals surface area contributed by atoms with Gasteiger partial charge in [0.2, 0.25) is 5.82 Å². The lowest BCUT2D eigenvalue weighted by Crippen LogP contribution is -2.20. The van der Waals surface area contributed by atoms with Gasteiger partial charge in [0, 0.05) is 21.0 Å². The van der Waals surface area contributed by atoms with Gasteiger partial charge in [-0.1, -0.05) is 48.0 Å². The second kappa shape index (κ2) is 9.70. The van der Waals surface area contributed by atoms with E-state index in [-0.39, 0.29) is 18.0 Å². The molecule has 6 nitrogen and oxygen atoms in total. The van der Waals surface area contributed by atoms with Crippen LogP contribution >= 0.6 is 39.1 Å². The largest absolute Gasteiger partial charge is 0.488 e. The first-order chi connectivity index (χ1) is 16.9. The van der Waals surface area contributed by atoms with Crippen LogP contribution in [-0.2, 0) is 0 Å². The Bertz CT molecular complexity index is 1690. The predicted molar refractivity (Wildman–Crippen MR) is 144 cm³/mol. The summed E-state index contributed by atoms with van der Waals surface area (Å²) in [5.41, 5.74) is 1.35. The Morgan fingerprint density at radius 3 is 2.77 bits per heavy atom. The number of rotatable bonds is 6. The van der Waals surface area contributed by atoms with E-state index in [0.717, 1.165) is 5.39 Å². The minimum absolute atomic E-state index is 0.243. The van der Waals surface area contributed by atoms with Gasteiger partial charge in [0.25, 0.3) is 5.56 Å². The number of ether oxygens (including phenoxy) is 1. The molecule has 2 aromatic heterocycles. The maximum absolute atomic E-state index is 13.5. The molecule has 0 N–H and O–H groups in total. The Morgan fingerprint density at radius 1 is 1.11 bits per heavy atom. The Hall–Kier alpha value is -3.39. The zero-order valence-corrected chi connectivity index (χ0v) is 21.1. The highest BCUT2D eigenvalue weighted by molar-refractivity contribution is 9.10. The molecule has 174 valence electrons. The van der Waals surface area contributed by atoms with E-state index in [1.807, 2.05) is 6.07 Å². The molecule has 0 fully saturated rings. The van der Waals surface area contributed by atoms with Crippen LogP contribution in [0.3, 0.4) is 0 Å². The highest BCUT2D eigenvalue weighted by atomic mass is 79.9. The van der Waals surface area contributed by atoms with Gasteiger partial charge in [-0.05, 0) is 64.5 Å². The normalized spacial score (nSPS) is 11.5. The van der Waals surface area contributed by atoms with Crippen molar-refractivity contribution in [3.05, 3.63) is 104 Å². The molecule has 0 saturated carbocycles. The van der Waals surface area contributed by atoms with E-state index in [2.05, 4.69) is 32.6 Å². The monoisotopic (exact) mass is 567 g/mol. The standard InChI is InChI=1S/C26H16BrCl2N3O3/c1-2-9-34-24-16(11-18(29)13-20(24)27)14-30-32-25(31-21-6-4-3-5-19(21)26(32)33)23-12-15-10-17(28)7-8-22(15)35-23/h2-8,10-14H,1,9H2. The number of hydrogen-bond acceptors (Lipinski definition) is 5. The number of furan rings is 1. The van der Waals surface area contributed by atoms with Crippen LogP contribution in [0.5, 0.6) is 5.75 Å². The molecule has 5 rings (SSSR count). The van der Waals surface area contributed by atoms with Crippen molar-refractivity contribution in [1.29, 1.82) is 0 Å². The van der Waals surface area contributed by atoms with E-state index in [9.17, 15) is 4.79 Å². The number of halogens is 3. The van der Waals surface area contributed by atoms with Crippen molar-refractivity contribution in [2.75, 3.05) is 6.61 Å². The fourth-order valence-electron chi connectivity index (χ4n) is 3.61. The molecule has 0 aliphatic rings. The molecule has 35 heavy (non-hydrogen) atoms. The molecular weight excluding hydrogens is 553 g/mol. The molecule has 0 radical (unpaired) electrons. The minimum Gasteiger partial charge on any atom is -0.488 e. The van der Waals surface area contributed by atoms with Gasteiger partial charge in [0.15, 0.2) is 5.76 Å². The van der Waals surface area contributed by atoms with Crippen LogP contribution in [0.15, 0.2) is 92.1 Å². The first-order valence-corrected chi connectivity index (χ1v) is 12.0. The highest BCUT2D eigenvalue weighted by Crippen LogP contribution is 2.32. The van der Waals surface area contributed by atoms with Gasteiger partial charge in [-0.2, -0.15) is 9.78 Å². The summed E-state index contributed by atoms with van der Waals surface area (Å²) in [6.45, 7) is 3.97. The van der Waals surface area contributed by atoms with E-state index in [4.69, 9.17) is 32.4 Å². The van der Waals surface area contributed by atoms with Crippen LogP contribution < -0.4 is 10.3 Å². The zero-order valence-electron chi connectivity index (χ0n) is 18.0. The number of hydrogen-bond donors (Lipinski definition) is 0. The average molecular weight is 569 g/mol. The van der Waals surface area contributed by atoms with Crippen LogP contribution in [0, 0.1) is 0 Å².